The maximum Gasteiger partial charge on any atom is 0.255 e. The molecule has 0 aliphatic heterocycles. The van der Waals surface area contributed by atoms with Gasteiger partial charge in [0.2, 0.25) is 0 Å². The Balaban J connectivity index is 1.99. The Labute approximate surface area is 147 Å². The van der Waals surface area contributed by atoms with Crippen LogP contribution in [0.4, 0.5) is 17.6 Å². The van der Waals surface area contributed by atoms with Crippen LogP contribution in [0, 0.1) is 23.3 Å². The van der Waals surface area contributed by atoms with Crippen LogP contribution in [0.3, 0.4) is 0 Å². The van der Waals surface area contributed by atoms with E-state index in [1.54, 1.807) is 60.7 Å². The Morgan fingerprint density at radius 2 is 1.23 bits per heavy atom. The van der Waals surface area contributed by atoms with Crippen molar-refractivity contribution in [2.24, 2.45) is 0 Å². The first-order chi connectivity index (χ1) is 12.5. The van der Waals surface area contributed by atoms with Gasteiger partial charge in [0.25, 0.3) is 5.91 Å². The molecule has 1 N–H and O–H groups in total. The van der Waals surface area contributed by atoms with Crippen molar-refractivity contribution in [3.63, 3.8) is 0 Å². The average Bonchev–Trinajstić information content (AvgIpc) is 2.68. The minimum Gasteiger partial charge on any atom is -0.341 e. The number of halogens is 4. The minimum absolute atomic E-state index is 0.343. The monoisotopic (exact) mass is 359 g/mol. The second kappa shape index (κ2) is 7.39. The third-order valence-electron chi connectivity index (χ3n) is 3.89. The van der Waals surface area contributed by atoms with Gasteiger partial charge in [0.05, 0.1) is 11.6 Å². The number of hydrogen-bond donors (Lipinski definition) is 1. The number of nitrogens with one attached hydrogen (secondary N) is 1. The number of amides is 1. The van der Waals surface area contributed by atoms with Crippen LogP contribution in [-0.2, 0) is 0 Å². The van der Waals surface area contributed by atoms with E-state index in [9.17, 15) is 22.4 Å². The lowest BCUT2D eigenvalue weighted by Crippen LogP contribution is -2.30. The lowest BCUT2D eigenvalue weighted by atomic mass is 9.98. The second-order valence-corrected chi connectivity index (χ2v) is 5.58. The molecule has 26 heavy (non-hydrogen) atoms. The zero-order chi connectivity index (χ0) is 18.7. The maximum atomic E-state index is 13.9. The van der Waals surface area contributed by atoms with Gasteiger partial charge in [0.15, 0.2) is 23.3 Å². The third-order valence-corrected chi connectivity index (χ3v) is 3.89. The molecule has 132 valence electrons. The Kier molecular flexibility index (Phi) is 5.02. The van der Waals surface area contributed by atoms with Crippen molar-refractivity contribution in [1.29, 1.82) is 0 Å². The number of rotatable bonds is 4. The summed E-state index contributed by atoms with van der Waals surface area (Å²) in [7, 11) is 0. The zero-order valence-corrected chi connectivity index (χ0v) is 13.3. The van der Waals surface area contributed by atoms with Crippen LogP contribution in [-0.4, -0.2) is 5.91 Å². The fourth-order valence-corrected chi connectivity index (χ4v) is 2.60. The molecule has 0 saturated heterocycles. The Bertz CT molecular complexity index is 890. The summed E-state index contributed by atoms with van der Waals surface area (Å²) in [5.41, 5.74) is 0.476. The largest absolute Gasteiger partial charge is 0.341 e. The predicted molar refractivity (Wildman–Crippen MR) is 88.5 cm³/mol. The first-order valence-corrected chi connectivity index (χ1v) is 7.72. The second-order valence-electron chi connectivity index (χ2n) is 5.58. The van der Waals surface area contributed by atoms with E-state index in [2.05, 4.69) is 5.32 Å². The molecule has 3 rings (SSSR count). The van der Waals surface area contributed by atoms with Crippen molar-refractivity contribution in [1.82, 2.24) is 5.32 Å². The van der Waals surface area contributed by atoms with E-state index in [0.717, 1.165) is 0 Å². The van der Waals surface area contributed by atoms with Gasteiger partial charge in [-0.3, -0.25) is 4.79 Å². The van der Waals surface area contributed by atoms with Crippen molar-refractivity contribution in [3.8, 4) is 0 Å². The highest BCUT2D eigenvalue weighted by Crippen LogP contribution is 2.24. The number of carbonyl (C=O) groups is 1. The summed E-state index contributed by atoms with van der Waals surface area (Å²) >= 11 is 0. The highest BCUT2D eigenvalue weighted by Gasteiger charge is 2.25. The zero-order valence-electron chi connectivity index (χ0n) is 13.3. The molecule has 0 spiro atoms. The van der Waals surface area contributed by atoms with Gasteiger partial charge < -0.3 is 5.32 Å². The van der Waals surface area contributed by atoms with Gasteiger partial charge in [-0.15, -0.1) is 0 Å². The molecule has 0 atom stereocenters. The number of benzene rings is 3. The third kappa shape index (κ3) is 3.44. The first-order valence-electron chi connectivity index (χ1n) is 7.72. The van der Waals surface area contributed by atoms with Crippen molar-refractivity contribution >= 4 is 5.91 Å². The first kappa shape index (κ1) is 17.7. The smallest absolute Gasteiger partial charge is 0.255 e. The molecule has 1 amide bonds. The van der Waals surface area contributed by atoms with E-state index < -0.39 is 40.8 Å². The van der Waals surface area contributed by atoms with E-state index in [0.29, 0.717) is 17.2 Å². The van der Waals surface area contributed by atoms with Crippen molar-refractivity contribution < 1.29 is 22.4 Å². The average molecular weight is 359 g/mol. The molecule has 0 aromatic heterocycles. The summed E-state index contributed by atoms with van der Waals surface area (Å²) in [6.07, 6.45) is 0. The molecule has 0 aliphatic carbocycles. The lowest BCUT2D eigenvalue weighted by molar-refractivity contribution is 0.0937. The standard InChI is InChI=1S/C20H13F4NO/c21-15-11-14(16(22)18(24)17(15)23)20(26)25-19(12-7-3-1-4-8-12)13-9-5-2-6-10-13/h1-11,19H,(H,25,26). The Morgan fingerprint density at radius 3 is 1.73 bits per heavy atom. The summed E-state index contributed by atoms with van der Waals surface area (Å²) in [5, 5.41) is 2.55. The molecular formula is C20H13F4NO. The highest BCUT2D eigenvalue weighted by molar-refractivity contribution is 5.95. The fraction of sp³-hybridized carbons (Fsp3) is 0.0500. The molecule has 3 aromatic carbocycles. The molecular weight excluding hydrogens is 346 g/mol. The van der Waals surface area contributed by atoms with E-state index in [-0.39, 0.29) is 0 Å². The van der Waals surface area contributed by atoms with Crippen LogP contribution in [0.25, 0.3) is 0 Å². The Hall–Kier alpha value is -3.15. The normalized spacial score (nSPS) is 10.8. The van der Waals surface area contributed by atoms with E-state index in [1.165, 1.54) is 0 Å². The molecule has 0 unspecified atom stereocenters. The molecule has 0 aliphatic rings. The topological polar surface area (TPSA) is 29.1 Å². The molecule has 2 nitrogen and oxygen atoms in total. The maximum absolute atomic E-state index is 13.9. The van der Waals surface area contributed by atoms with Crippen LogP contribution < -0.4 is 5.32 Å². The predicted octanol–water partition coefficient (Wildman–Crippen LogP) is 4.76. The minimum atomic E-state index is -2.02. The molecule has 0 bridgehead atoms. The van der Waals surface area contributed by atoms with Gasteiger partial charge in [-0.25, -0.2) is 17.6 Å². The summed E-state index contributed by atoms with van der Waals surface area (Å²) in [5.74, 6) is -8.41. The van der Waals surface area contributed by atoms with Crippen LogP contribution >= 0.6 is 0 Å². The molecule has 0 heterocycles. The molecule has 6 heteroatoms. The van der Waals surface area contributed by atoms with Gasteiger partial charge in [0.1, 0.15) is 0 Å². The molecule has 0 radical (unpaired) electrons. The highest BCUT2D eigenvalue weighted by atomic mass is 19.2. The number of hydrogen-bond acceptors (Lipinski definition) is 1. The van der Waals surface area contributed by atoms with Crippen molar-refractivity contribution in [2.45, 2.75) is 6.04 Å². The van der Waals surface area contributed by atoms with Crippen molar-refractivity contribution in [2.75, 3.05) is 0 Å². The van der Waals surface area contributed by atoms with Crippen LogP contribution in [0.1, 0.15) is 27.5 Å². The van der Waals surface area contributed by atoms with Crippen LogP contribution in [0.2, 0.25) is 0 Å². The lowest BCUT2D eigenvalue weighted by Gasteiger charge is -2.20. The van der Waals surface area contributed by atoms with E-state index >= 15 is 0 Å². The van der Waals surface area contributed by atoms with Gasteiger partial charge >= 0.3 is 0 Å². The molecule has 0 saturated carbocycles. The molecule has 0 fully saturated rings. The molecule has 3 aromatic rings. The summed E-state index contributed by atoms with van der Waals surface area (Å²) < 4.78 is 53.8. The van der Waals surface area contributed by atoms with Gasteiger partial charge in [-0.2, -0.15) is 0 Å². The number of carbonyl (C=O) groups excluding carboxylic acids is 1. The van der Waals surface area contributed by atoms with Crippen molar-refractivity contribution in [3.05, 3.63) is 107 Å². The van der Waals surface area contributed by atoms with E-state index in [1.807, 2.05) is 0 Å². The van der Waals surface area contributed by atoms with Gasteiger partial charge in [-0.05, 0) is 17.2 Å². The van der Waals surface area contributed by atoms with Crippen LogP contribution in [0.15, 0.2) is 66.7 Å². The van der Waals surface area contributed by atoms with Gasteiger partial charge in [0, 0.05) is 0 Å². The van der Waals surface area contributed by atoms with Crippen LogP contribution in [0.5, 0.6) is 0 Å². The quantitative estimate of drug-likeness (QED) is 0.406. The summed E-state index contributed by atoms with van der Waals surface area (Å²) in [6.45, 7) is 0. The summed E-state index contributed by atoms with van der Waals surface area (Å²) in [6, 6.07) is 17.3. The van der Waals surface area contributed by atoms with E-state index in [4.69, 9.17) is 0 Å². The fourth-order valence-electron chi connectivity index (χ4n) is 2.60. The summed E-state index contributed by atoms with van der Waals surface area (Å²) in [4.78, 5) is 12.4. The van der Waals surface area contributed by atoms with Gasteiger partial charge in [-0.1, -0.05) is 60.7 Å². The SMILES string of the molecule is O=C(NC(c1ccccc1)c1ccccc1)c1cc(F)c(F)c(F)c1F. The Morgan fingerprint density at radius 1 is 0.731 bits per heavy atom.